The number of rotatable bonds is 5. The predicted octanol–water partition coefficient (Wildman–Crippen LogP) is 1.34. The summed E-state index contributed by atoms with van der Waals surface area (Å²) in [4.78, 5) is 11.4. The molecule has 1 aliphatic heterocycles. The second kappa shape index (κ2) is 6.21. The number of carbonyl (C=O) groups excluding carboxylic acids is 1. The minimum Gasteiger partial charge on any atom is -0.460 e. The molecule has 0 bridgehead atoms. The lowest BCUT2D eigenvalue weighted by atomic mass is 10.1. The molecule has 1 unspecified atom stereocenters. The highest BCUT2D eigenvalue weighted by Crippen LogP contribution is 2.10. The molecule has 1 atom stereocenters. The van der Waals surface area contributed by atoms with Crippen molar-refractivity contribution in [2.75, 3.05) is 26.3 Å². The normalized spacial score (nSPS) is 21.1. The van der Waals surface area contributed by atoms with E-state index in [9.17, 15) is 4.79 Å². The van der Waals surface area contributed by atoms with Gasteiger partial charge in [-0.2, -0.15) is 0 Å². The van der Waals surface area contributed by atoms with Gasteiger partial charge in [-0.15, -0.1) is 0 Å². The quantitative estimate of drug-likeness (QED) is 0.571. The first-order chi connectivity index (χ1) is 7.47. The molecule has 0 spiro atoms. The Balaban J connectivity index is 2.00. The second-order valence-corrected chi connectivity index (χ2v) is 5.27. The van der Waals surface area contributed by atoms with E-state index in [-0.39, 0.29) is 11.6 Å². The van der Waals surface area contributed by atoms with Crippen LogP contribution in [0.5, 0.6) is 0 Å². The van der Waals surface area contributed by atoms with Crippen molar-refractivity contribution in [1.82, 2.24) is 5.32 Å². The van der Waals surface area contributed by atoms with E-state index in [4.69, 9.17) is 9.47 Å². The van der Waals surface area contributed by atoms with E-state index in [0.29, 0.717) is 18.9 Å². The molecule has 16 heavy (non-hydrogen) atoms. The van der Waals surface area contributed by atoms with E-state index in [0.717, 1.165) is 26.2 Å². The monoisotopic (exact) mass is 229 g/mol. The molecule has 4 nitrogen and oxygen atoms in total. The molecule has 1 aliphatic rings. The molecule has 1 fully saturated rings. The van der Waals surface area contributed by atoms with E-state index < -0.39 is 0 Å². The highest BCUT2D eigenvalue weighted by atomic mass is 16.6. The summed E-state index contributed by atoms with van der Waals surface area (Å²) in [5.74, 6) is 0.473. The van der Waals surface area contributed by atoms with E-state index >= 15 is 0 Å². The third-order valence-corrected chi connectivity index (χ3v) is 2.38. The van der Waals surface area contributed by atoms with Crippen LogP contribution >= 0.6 is 0 Å². The van der Waals surface area contributed by atoms with Crippen molar-refractivity contribution in [3.63, 3.8) is 0 Å². The van der Waals surface area contributed by atoms with Crippen molar-refractivity contribution in [3.05, 3.63) is 0 Å². The van der Waals surface area contributed by atoms with E-state index in [1.165, 1.54) is 0 Å². The molecule has 4 heteroatoms. The highest BCUT2D eigenvalue weighted by molar-refractivity contribution is 5.70. The molecule has 1 N–H and O–H groups in total. The molecule has 94 valence electrons. The first-order valence-corrected chi connectivity index (χ1v) is 5.98. The number of carbonyl (C=O) groups is 1. The second-order valence-electron chi connectivity index (χ2n) is 5.27. The summed E-state index contributed by atoms with van der Waals surface area (Å²) in [6.45, 7) is 8.99. The Bertz CT molecular complexity index is 217. The molecule has 0 aromatic heterocycles. The van der Waals surface area contributed by atoms with Gasteiger partial charge in [-0.25, -0.2) is 0 Å². The number of hydrogen-bond acceptors (Lipinski definition) is 4. The zero-order valence-electron chi connectivity index (χ0n) is 10.5. The van der Waals surface area contributed by atoms with Crippen LogP contribution < -0.4 is 5.32 Å². The van der Waals surface area contributed by atoms with Crippen LogP contribution in [-0.4, -0.2) is 37.9 Å². The summed E-state index contributed by atoms with van der Waals surface area (Å²) < 4.78 is 10.5. The Morgan fingerprint density at radius 1 is 1.50 bits per heavy atom. The van der Waals surface area contributed by atoms with Crippen LogP contribution in [0, 0.1) is 5.92 Å². The minimum atomic E-state index is -0.379. The van der Waals surface area contributed by atoms with E-state index in [2.05, 4.69) is 5.32 Å². The fraction of sp³-hybridized carbons (Fsp3) is 0.917. The molecule has 0 aliphatic carbocycles. The van der Waals surface area contributed by atoms with Crippen molar-refractivity contribution in [2.24, 2.45) is 5.92 Å². The van der Waals surface area contributed by atoms with Gasteiger partial charge >= 0.3 is 5.97 Å². The molecule has 1 heterocycles. The molecule has 0 aromatic carbocycles. The van der Waals surface area contributed by atoms with Gasteiger partial charge in [0.15, 0.2) is 0 Å². The van der Waals surface area contributed by atoms with Crippen LogP contribution in [0.15, 0.2) is 0 Å². The van der Waals surface area contributed by atoms with Gasteiger partial charge in [-0.1, -0.05) is 0 Å². The first kappa shape index (κ1) is 13.5. The fourth-order valence-corrected chi connectivity index (χ4v) is 1.63. The maximum absolute atomic E-state index is 11.4. The Labute approximate surface area is 97.7 Å². The van der Waals surface area contributed by atoms with Crippen molar-refractivity contribution in [2.45, 2.75) is 39.2 Å². The van der Waals surface area contributed by atoms with Crippen LogP contribution in [0.2, 0.25) is 0 Å². The predicted molar refractivity (Wildman–Crippen MR) is 62.3 cm³/mol. The van der Waals surface area contributed by atoms with Crippen LogP contribution in [0.4, 0.5) is 0 Å². The number of ether oxygens (including phenoxy) is 2. The summed E-state index contributed by atoms with van der Waals surface area (Å²) >= 11 is 0. The topological polar surface area (TPSA) is 47.6 Å². The van der Waals surface area contributed by atoms with Crippen molar-refractivity contribution in [3.8, 4) is 0 Å². The molecule has 0 radical (unpaired) electrons. The Kier molecular flexibility index (Phi) is 5.22. The Morgan fingerprint density at radius 2 is 2.25 bits per heavy atom. The van der Waals surface area contributed by atoms with Gasteiger partial charge in [-0.05, 0) is 33.1 Å². The van der Waals surface area contributed by atoms with Crippen LogP contribution in [-0.2, 0) is 14.3 Å². The average molecular weight is 229 g/mol. The van der Waals surface area contributed by atoms with Crippen LogP contribution in [0.3, 0.4) is 0 Å². The van der Waals surface area contributed by atoms with Gasteiger partial charge < -0.3 is 14.8 Å². The van der Waals surface area contributed by atoms with Gasteiger partial charge in [0.2, 0.25) is 0 Å². The highest BCUT2D eigenvalue weighted by Gasteiger charge is 2.17. The van der Waals surface area contributed by atoms with Gasteiger partial charge in [0, 0.05) is 19.7 Å². The largest absolute Gasteiger partial charge is 0.460 e. The van der Waals surface area contributed by atoms with Gasteiger partial charge in [0.25, 0.3) is 0 Å². The zero-order chi connectivity index (χ0) is 12.0. The standard InChI is InChI=1S/C12H23NO3/c1-12(2,3)16-11(14)4-6-13-8-10-5-7-15-9-10/h10,13H,4-9H2,1-3H3. The molecular formula is C12H23NO3. The van der Waals surface area contributed by atoms with Crippen LogP contribution in [0.25, 0.3) is 0 Å². The number of esters is 1. The lowest BCUT2D eigenvalue weighted by Gasteiger charge is -2.19. The SMILES string of the molecule is CC(C)(C)OC(=O)CCNCC1CCOC1. The van der Waals surface area contributed by atoms with Gasteiger partial charge in [0.05, 0.1) is 13.0 Å². The van der Waals surface area contributed by atoms with Gasteiger partial charge in [0.1, 0.15) is 5.60 Å². The van der Waals surface area contributed by atoms with Crippen molar-refractivity contribution in [1.29, 1.82) is 0 Å². The Morgan fingerprint density at radius 3 is 2.81 bits per heavy atom. The molecule has 0 saturated carbocycles. The van der Waals surface area contributed by atoms with Crippen LogP contribution in [0.1, 0.15) is 33.6 Å². The summed E-state index contributed by atoms with van der Waals surface area (Å²) in [5, 5.41) is 3.26. The smallest absolute Gasteiger partial charge is 0.307 e. The Hall–Kier alpha value is -0.610. The summed E-state index contributed by atoms with van der Waals surface area (Å²) in [7, 11) is 0. The van der Waals surface area contributed by atoms with E-state index in [1.807, 2.05) is 20.8 Å². The van der Waals surface area contributed by atoms with Crippen molar-refractivity contribution < 1.29 is 14.3 Å². The third kappa shape index (κ3) is 6.08. The third-order valence-electron chi connectivity index (χ3n) is 2.38. The lowest BCUT2D eigenvalue weighted by molar-refractivity contribution is -0.154. The average Bonchev–Trinajstić information content (AvgIpc) is 2.62. The fourth-order valence-electron chi connectivity index (χ4n) is 1.63. The lowest BCUT2D eigenvalue weighted by Crippen LogP contribution is -2.29. The molecule has 1 rings (SSSR count). The maximum Gasteiger partial charge on any atom is 0.307 e. The number of nitrogens with one attached hydrogen (secondary N) is 1. The number of hydrogen-bond donors (Lipinski definition) is 1. The van der Waals surface area contributed by atoms with Gasteiger partial charge in [-0.3, -0.25) is 4.79 Å². The molecular weight excluding hydrogens is 206 g/mol. The summed E-state index contributed by atoms with van der Waals surface area (Å²) in [6, 6.07) is 0. The zero-order valence-corrected chi connectivity index (χ0v) is 10.5. The molecule has 0 aromatic rings. The maximum atomic E-state index is 11.4. The summed E-state index contributed by atoms with van der Waals surface area (Å²) in [5.41, 5.74) is -0.379. The first-order valence-electron chi connectivity index (χ1n) is 5.98. The minimum absolute atomic E-state index is 0.136. The summed E-state index contributed by atoms with van der Waals surface area (Å²) in [6.07, 6.45) is 1.56. The molecule has 1 saturated heterocycles. The van der Waals surface area contributed by atoms with E-state index in [1.54, 1.807) is 0 Å². The van der Waals surface area contributed by atoms with Crippen molar-refractivity contribution >= 4 is 5.97 Å². The molecule has 0 amide bonds.